The van der Waals surface area contributed by atoms with Crippen LogP contribution in [-0.4, -0.2) is 50.2 Å². The van der Waals surface area contributed by atoms with Crippen LogP contribution in [0.15, 0.2) is 30.3 Å². The highest BCUT2D eigenvalue weighted by Gasteiger charge is 2.26. The molecular weight excluding hydrogens is 334 g/mol. The molecule has 0 bridgehead atoms. The van der Waals surface area contributed by atoms with E-state index in [-0.39, 0.29) is 0 Å². The molecule has 0 saturated carbocycles. The van der Waals surface area contributed by atoms with Crippen molar-refractivity contribution in [1.82, 2.24) is 5.32 Å². The molecule has 0 aliphatic carbocycles. The van der Waals surface area contributed by atoms with Gasteiger partial charge in [-0.2, -0.15) is 8.42 Å². The highest BCUT2D eigenvalue weighted by atomic mass is 32.2. The summed E-state index contributed by atoms with van der Waals surface area (Å²) in [4.78, 5) is 12.0. The van der Waals surface area contributed by atoms with Crippen molar-refractivity contribution in [3.05, 3.63) is 35.9 Å². The average Bonchev–Trinajstić information content (AvgIpc) is 2.42. The maximum Gasteiger partial charge on any atom is 0.407 e. The van der Waals surface area contributed by atoms with Crippen molar-refractivity contribution in [3.8, 4) is 0 Å². The van der Waals surface area contributed by atoms with E-state index in [1.807, 2.05) is 30.3 Å². The van der Waals surface area contributed by atoms with Gasteiger partial charge in [-0.05, 0) is 32.8 Å². The van der Waals surface area contributed by atoms with E-state index in [2.05, 4.69) is 9.50 Å². The molecule has 2 N–H and O–H groups in total. The van der Waals surface area contributed by atoms with Crippen molar-refractivity contribution in [3.63, 3.8) is 0 Å². The number of hydrogen-bond donors (Lipinski definition) is 2. The van der Waals surface area contributed by atoms with Crippen LogP contribution < -0.4 is 5.32 Å². The van der Waals surface area contributed by atoms with Gasteiger partial charge in [-0.25, -0.2) is 4.79 Å². The van der Waals surface area contributed by atoms with E-state index in [9.17, 15) is 18.3 Å². The Labute approximate surface area is 143 Å². The Morgan fingerprint density at radius 3 is 2.33 bits per heavy atom. The van der Waals surface area contributed by atoms with E-state index < -0.39 is 40.6 Å². The van der Waals surface area contributed by atoms with Crippen LogP contribution in [0.4, 0.5) is 4.79 Å². The third-order valence-corrected chi connectivity index (χ3v) is 3.48. The van der Waals surface area contributed by atoms with Gasteiger partial charge in [0.05, 0.1) is 25.0 Å². The van der Waals surface area contributed by atoms with Crippen LogP contribution in [0.1, 0.15) is 26.3 Å². The fraction of sp³-hybridized carbons (Fsp3) is 0.562. The first-order valence-electron chi connectivity index (χ1n) is 7.52. The summed E-state index contributed by atoms with van der Waals surface area (Å²) in [6.45, 7) is 4.72. The van der Waals surface area contributed by atoms with Crippen LogP contribution in [0.3, 0.4) is 0 Å². The summed E-state index contributed by atoms with van der Waals surface area (Å²) in [6.07, 6.45) is -0.712. The number of hydrogen-bond acceptors (Lipinski definition) is 6. The molecule has 24 heavy (non-hydrogen) atoms. The first-order valence-corrected chi connectivity index (χ1v) is 9.34. The zero-order chi connectivity index (χ0) is 18.4. The third kappa shape index (κ3) is 8.85. The summed E-state index contributed by atoms with van der Waals surface area (Å²) in [5.41, 5.74) is 0.187. The summed E-state index contributed by atoms with van der Waals surface area (Å²) < 4.78 is 32.0. The molecule has 0 spiro atoms. The Bertz CT molecular complexity index is 624. The van der Waals surface area contributed by atoms with Gasteiger partial charge in [0.15, 0.2) is 0 Å². The minimum atomic E-state index is -3.69. The molecule has 0 unspecified atom stereocenters. The number of benzene rings is 1. The molecule has 0 aromatic heterocycles. The molecule has 8 heteroatoms. The topological polar surface area (TPSA) is 102 Å². The summed E-state index contributed by atoms with van der Waals surface area (Å²) in [6, 6.07) is 8.44. The molecule has 0 aliphatic rings. The number of rotatable bonds is 7. The van der Waals surface area contributed by atoms with Crippen molar-refractivity contribution in [2.24, 2.45) is 0 Å². The van der Waals surface area contributed by atoms with Crippen molar-refractivity contribution in [1.29, 1.82) is 0 Å². The Balaban J connectivity index is 2.80. The smallest absolute Gasteiger partial charge is 0.407 e. The van der Waals surface area contributed by atoms with Gasteiger partial charge in [0, 0.05) is 0 Å². The van der Waals surface area contributed by atoms with E-state index in [0.29, 0.717) is 6.42 Å². The first kappa shape index (κ1) is 20.4. The Hall–Kier alpha value is -1.64. The zero-order valence-corrected chi connectivity index (χ0v) is 15.2. The molecular formula is C16H25NO6S. The van der Waals surface area contributed by atoms with E-state index in [1.54, 1.807) is 20.8 Å². The van der Waals surface area contributed by atoms with Gasteiger partial charge < -0.3 is 15.2 Å². The molecule has 0 aliphatic heterocycles. The van der Waals surface area contributed by atoms with Crippen LogP contribution >= 0.6 is 0 Å². The van der Waals surface area contributed by atoms with Gasteiger partial charge in [-0.15, -0.1) is 0 Å². The number of amides is 1. The van der Waals surface area contributed by atoms with Crippen molar-refractivity contribution in [2.75, 3.05) is 12.9 Å². The number of nitrogens with one attached hydrogen (secondary N) is 1. The van der Waals surface area contributed by atoms with Gasteiger partial charge in [-0.3, -0.25) is 4.18 Å². The fourth-order valence-corrected chi connectivity index (χ4v) is 2.31. The highest BCUT2D eigenvalue weighted by Crippen LogP contribution is 2.11. The highest BCUT2D eigenvalue weighted by molar-refractivity contribution is 7.85. The molecule has 1 aromatic carbocycles. The molecule has 136 valence electrons. The zero-order valence-electron chi connectivity index (χ0n) is 14.4. The van der Waals surface area contributed by atoms with E-state index in [0.717, 1.165) is 11.8 Å². The first-order chi connectivity index (χ1) is 11.0. The fourth-order valence-electron chi connectivity index (χ4n) is 1.92. The monoisotopic (exact) mass is 359 g/mol. The molecule has 7 nitrogen and oxygen atoms in total. The second-order valence-electron chi connectivity index (χ2n) is 6.50. The molecule has 0 saturated heterocycles. The summed E-state index contributed by atoms with van der Waals surface area (Å²) in [5.74, 6) is 0. The van der Waals surface area contributed by atoms with Gasteiger partial charge in [0.1, 0.15) is 5.60 Å². The average molecular weight is 359 g/mol. The van der Waals surface area contributed by atoms with Gasteiger partial charge >= 0.3 is 6.09 Å². The molecule has 0 heterocycles. The minimum Gasteiger partial charge on any atom is -0.444 e. The lowest BCUT2D eigenvalue weighted by atomic mass is 10.0. The van der Waals surface area contributed by atoms with Crippen LogP contribution in [-0.2, 0) is 25.5 Å². The van der Waals surface area contributed by atoms with E-state index >= 15 is 0 Å². The maximum absolute atomic E-state index is 12.0. The third-order valence-electron chi connectivity index (χ3n) is 2.92. The molecule has 1 amide bonds. The number of carbonyl (C=O) groups is 1. The molecule has 0 fully saturated rings. The molecule has 2 atom stereocenters. The van der Waals surface area contributed by atoms with Crippen LogP contribution in [0.5, 0.6) is 0 Å². The van der Waals surface area contributed by atoms with Crippen LogP contribution in [0.25, 0.3) is 0 Å². The van der Waals surface area contributed by atoms with E-state index in [4.69, 9.17) is 4.74 Å². The second-order valence-corrected chi connectivity index (χ2v) is 8.14. The molecule has 1 aromatic rings. The number of aliphatic hydroxyl groups excluding tert-OH is 1. The van der Waals surface area contributed by atoms with Crippen LogP contribution in [0, 0.1) is 0 Å². The number of alkyl carbamates (subject to hydrolysis) is 1. The van der Waals surface area contributed by atoms with E-state index in [1.165, 1.54) is 0 Å². The lowest BCUT2D eigenvalue weighted by Gasteiger charge is -2.26. The van der Waals surface area contributed by atoms with Gasteiger partial charge in [0.25, 0.3) is 10.1 Å². The predicted octanol–water partition coefficient (Wildman–Crippen LogP) is 1.46. The van der Waals surface area contributed by atoms with Crippen molar-refractivity contribution < 1.29 is 27.2 Å². The van der Waals surface area contributed by atoms with Crippen LogP contribution in [0.2, 0.25) is 0 Å². The lowest BCUT2D eigenvalue weighted by Crippen LogP contribution is -2.48. The normalized spacial score (nSPS) is 14.7. The van der Waals surface area contributed by atoms with Crippen molar-refractivity contribution in [2.45, 2.75) is 44.9 Å². The Morgan fingerprint density at radius 2 is 1.83 bits per heavy atom. The van der Waals surface area contributed by atoms with Gasteiger partial charge in [0.2, 0.25) is 0 Å². The minimum absolute atomic E-state index is 0.300. The standard InChI is InChI=1S/C16H25NO6S/c1-16(2,3)23-15(19)17-13(10-12-8-6-5-7-9-12)14(18)11-22-24(4,20)21/h5-9,13-14,18H,10-11H2,1-4H3,(H,17,19)/t13-,14-/m1/s1. The lowest BCUT2D eigenvalue weighted by molar-refractivity contribution is 0.0356. The summed E-state index contributed by atoms with van der Waals surface area (Å²) >= 11 is 0. The quantitative estimate of drug-likeness (QED) is 0.715. The summed E-state index contributed by atoms with van der Waals surface area (Å²) in [5, 5.41) is 12.8. The predicted molar refractivity (Wildman–Crippen MR) is 90.1 cm³/mol. The maximum atomic E-state index is 12.0. The Kier molecular flexibility index (Phi) is 7.19. The largest absolute Gasteiger partial charge is 0.444 e. The number of aliphatic hydroxyl groups is 1. The second kappa shape index (κ2) is 8.46. The summed E-state index contributed by atoms with van der Waals surface area (Å²) in [7, 11) is -3.69. The number of carbonyl (C=O) groups excluding carboxylic acids is 1. The molecule has 0 radical (unpaired) electrons. The SMILES string of the molecule is CC(C)(C)OC(=O)N[C@H](Cc1ccccc1)[C@H](O)COS(C)(=O)=O. The van der Waals surface area contributed by atoms with Gasteiger partial charge in [-0.1, -0.05) is 30.3 Å². The number of ether oxygens (including phenoxy) is 1. The molecule has 1 rings (SSSR count). The Morgan fingerprint density at radius 1 is 1.25 bits per heavy atom. The van der Waals surface area contributed by atoms with Crippen molar-refractivity contribution >= 4 is 16.2 Å².